The largest absolute Gasteiger partial charge is 0.341 e. The number of benzene rings is 2. The van der Waals surface area contributed by atoms with Gasteiger partial charge in [-0.25, -0.2) is 17.6 Å². The monoisotopic (exact) mass is 446 g/mol. The van der Waals surface area contributed by atoms with E-state index < -0.39 is 26.8 Å². The number of carbonyl (C=O) groups is 1. The number of halogens is 1. The smallest absolute Gasteiger partial charge is 0.326 e. The van der Waals surface area contributed by atoms with Gasteiger partial charge in [0.25, 0.3) is 0 Å². The molecular formula is C21H23FN4O4S. The van der Waals surface area contributed by atoms with Crippen molar-refractivity contribution in [2.75, 3.05) is 13.1 Å². The van der Waals surface area contributed by atoms with E-state index in [0.717, 1.165) is 23.2 Å². The van der Waals surface area contributed by atoms with E-state index in [2.05, 4.69) is 9.71 Å². The maximum atomic E-state index is 13.9. The highest BCUT2D eigenvalue weighted by molar-refractivity contribution is 7.89. The zero-order valence-electron chi connectivity index (χ0n) is 16.9. The number of fused-ring (bicyclic) bond motifs is 1. The summed E-state index contributed by atoms with van der Waals surface area (Å²) in [4.78, 5) is 29.1. The molecule has 0 bridgehead atoms. The van der Waals surface area contributed by atoms with Gasteiger partial charge in [0, 0.05) is 19.1 Å². The summed E-state index contributed by atoms with van der Waals surface area (Å²) < 4.78 is 42.8. The van der Waals surface area contributed by atoms with E-state index in [4.69, 9.17) is 0 Å². The van der Waals surface area contributed by atoms with Gasteiger partial charge in [-0.15, -0.1) is 0 Å². The third kappa shape index (κ3) is 4.13. The van der Waals surface area contributed by atoms with E-state index in [0.29, 0.717) is 25.9 Å². The van der Waals surface area contributed by atoms with Gasteiger partial charge in [0.1, 0.15) is 10.7 Å². The van der Waals surface area contributed by atoms with Crippen LogP contribution in [0.4, 0.5) is 4.39 Å². The summed E-state index contributed by atoms with van der Waals surface area (Å²) in [5, 5.41) is 0. The molecule has 0 spiro atoms. The summed E-state index contributed by atoms with van der Waals surface area (Å²) >= 11 is 0. The number of nitrogens with one attached hydrogen (secondary N) is 2. The molecule has 1 aliphatic heterocycles. The van der Waals surface area contributed by atoms with Crippen LogP contribution in [-0.4, -0.2) is 47.9 Å². The Morgan fingerprint density at radius 1 is 1.13 bits per heavy atom. The Labute approximate surface area is 178 Å². The van der Waals surface area contributed by atoms with Crippen LogP contribution < -0.4 is 10.4 Å². The Morgan fingerprint density at radius 2 is 1.77 bits per heavy atom. The first-order valence-electron chi connectivity index (χ1n) is 10.0. The minimum absolute atomic E-state index is 0.0573. The average Bonchev–Trinajstić information content (AvgIpc) is 3.09. The molecule has 0 radical (unpaired) electrons. The van der Waals surface area contributed by atoms with Gasteiger partial charge >= 0.3 is 5.69 Å². The first-order valence-corrected chi connectivity index (χ1v) is 11.5. The zero-order valence-corrected chi connectivity index (χ0v) is 17.7. The van der Waals surface area contributed by atoms with E-state index in [1.165, 1.54) is 19.1 Å². The highest BCUT2D eigenvalue weighted by atomic mass is 32.2. The van der Waals surface area contributed by atoms with Gasteiger partial charge in [-0.2, -0.15) is 4.72 Å². The summed E-state index contributed by atoms with van der Waals surface area (Å²) in [7, 11) is -4.17. The molecule has 8 nitrogen and oxygen atoms in total. The summed E-state index contributed by atoms with van der Waals surface area (Å²) in [5.41, 5.74) is 1.41. The second-order valence-electron chi connectivity index (χ2n) is 7.65. The Balaban J connectivity index is 1.43. The molecule has 3 aromatic rings. The molecule has 2 heterocycles. The Hall–Kier alpha value is -2.98. The van der Waals surface area contributed by atoms with Gasteiger partial charge in [0.05, 0.1) is 17.1 Å². The van der Waals surface area contributed by atoms with Crippen molar-refractivity contribution in [2.45, 2.75) is 36.7 Å². The molecule has 1 saturated heterocycles. The topological polar surface area (TPSA) is 104 Å². The minimum Gasteiger partial charge on any atom is -0.341 e. The molecule has 0 saturated carbocycles. The Kier molecular flexibility index (Phi) is 5.67. The molecule has 0 aliphatic carbocycles. The first-order chi connectivity index (χ1) is 14.8. The molecule has 10 heteroatoms. The van der Waals surface area contributed by atoms with E-state index in [1.807, 2.05) is 24.3 Å². The number of likely N-dealkylation sites (tertiary alicyclic amines) is 1. The predicted octanol–water partition coefficient (Wildman–Crippen LogP) is 2.00. The molecule has 1 aliphatic rings. The lowest BCUT2D eigenvalue weighted by Crippen LogP contribution is -2.49. The van der Waals surface area contributed by atoms with Gasteiger partial charge in [-0.05, 0) is 44.0 Å². The molecule has 31 heavy (non-hydrogen) atoms. The molecule has 2 N–H and O–H groups in total. The van der Waals surface area contributed by atoms with Crippen LogP contribution in [0.25, 0.3) is 11.0 Å². The second-order valence-corrected chi connectivity index (χ2v) is 9.33. The van der Waals surface area contributed by atoms with Crippen LogP contribution in [0.15, 0.2) is 58.2 Å². The fraction of sp³-hybridized carbons (Fsp3) is 0.333. The molecule has 1 fully saturated rings. The number of piperidine rings is 1. The Bertz CT molecular complexity index is 1280. The summed E-state index contributed by atoms with van der Waals surface area (Å²) in [6, 6.07) is 11.4. The van der Waals surface area contributed by atoms with Crippen molar-refractivity contribution < 1.29 is 17.6 Å². The molecule has 2 aromatic carbocycles. The quantitative estimate of drug-likeness (QED) is 0.626. The summed E-state index contributed by atoms with van der Waals surface area (Å²) in [6.07, 6.45) is 1.14. The second kappa shape index (κ2) is 8.27. The van der Waals surface area contributed by atoms with Gasteiger partial charge in [0.2, 0.25) is 15.9 Å². The first kappa shape index (κ1) is 21.3. The number of sulfonamides is 1. The normalized spacial score (nSPS) is 16.5. The average molecular weight is 447 g/mol. The molecular weight excluding hydrogens is 423 g/mol. The summed E-state index contributed by atoms with van der Waals surface area (Å²) in [6.45, 7) is 2.22. The zero-order chi connectivity index (χ0) is 22.2. The van der Waals surface area contributed by atoms with E-state index in [-0.39, 0.29) is 17.6 Å². The number of aromatic nitrogens is 2. The number of para-hydroxylation sites is 2. The number of aromatic amines is 1. The maximum absolute atomic E-state index is 13.9. The van der Waals surface area contributed by atoms with Crippen LogP contribution in [0, 0.1) is 5.82 Å². The molecule has 1 atom stereocenters. The number of imidazole rings is 1. The van der Waals surface area contributed by atoms with Gasteiger partial charge in [0.15, 0.2) is 0 Å². The lowest BCUT2D eigenvalue weighted by molar-refractivity contribution is -0.133. The fourth-order valence-corrected chi connectivity index (χ4v) is 5.34. The third-order valence-corrected chi connectivity index (χ3v) is 7.17. The van der Waals surface area contributed by atoms with Gasteiger partial charge in [-0.1, -0.05) is 24.3 Å². The van der Waals surface area contributed by atoms with Crippen LogP contribution >= 0.6 is 0 Å². The lowest BCUT2D eigenvalue weighted by Gasteiger charge is -2.34. The van der Waals surface area contributed by atoms with E-state index >= 15 is 0 Å². The number of hydrogen-bond acceptors (Lipinski definition) is 4. The number of nitrogens with zero attached hydrogens (tertiary/aromatic N) is 2. The van der Waals surface area contributed by atoms with E-state index in [1.54, 1.807) is 9.47 Å². The van der Waals surface area contributed by atoms with Crippen LogP contribution in [0.1, 0.15) is 25.8 Å². The van der Waals surface area contributed by atoms with Gasteiger partial charge in [-0.3, -0.25) is 9.36 Å². The van der Waals surface area contributed by atoms with Crippen molar-refractivity contribution in [3.63, 3.8) is 0 Å². The highest BCUT2D eigenvalue weighted by Gasteiger charge is 2.31. The van der Waals surface area contributed by atoms with E-state index in [9.17, 15) is 22.4 Å². The fourth-order valence-electron chi connectivity index (χ4n) is 4.06. The molecule has 1 amide bonds. The van der Waals surface area contributed by atoms with Crippen molar-refractivity contribution >= 4 is 27.0 Å². The van der Waals surface area contributed by atoms with Crippen molar-refractivity contribution in [1.29, 1.82) is 0 Å². The highest BCUT2D eigenvalue weighted by Crippen LogP contribution is 2.25. The van der Waals surface area contributed by atoms with Crippen molar-refractivity contribution in [1.82, 2.24) is 19.2 Å². The maximum Gasteiger partial charge on any atom is 0.326 e. The molecule has 1 aromatic heterocycles. The predicted molar refractivity (Wildman–Crippen MR) is 114 cm³/mol. The number of H-pyrrole nitrogens is 1. The van der Waals surface area contributed by atoms with Crippen LogP contribution in [0.2, 0.25) is 0 Å². The number of carbonyl (C=O) groups excluding carboxylic acids is 1. The number of amides is 1. The molecule has 4 rings (SSSR count). The van der Waals surface area contributed by atoms with Crippen molar-refractivity contribution in [3.8, 4) is 0 Å². The van der Waals surface area contributed by atoms with Crippen LogP contribution in [0.5, 0.6) is 0 Å². The third-order valence-electron chi connectivity index (χ3n) is 5.59. The summed E-state index contributed by atoms with van der Waals surface area (Å²) in [5.74, 6) is -1.26. The molecule has 164 valence electrons. The Morgan fingerprint density at radius 3 is 2.48 bits per heavy atom. The molecule has 0 unspecified atom stereocenters. The minimum atomic E-state index is -4.17. The van der Waals surface area contributed by atoms with Crippen LogP contribution in [0.3, 0.4) is 0 Å². The van der Waals surface area contributed by atoms with Crippen molar-refractivity contribution in [2.24, 2.45) is 0 Å². The van der Waals surface area contributed by atoms with Gasteiger partial charge < -0.3 is 9.88 Å². The standard InChI is InChI=1S/C21H23FN4O4S/c1-14(24-31(29,30)19-9-5-2-6-16(19)22)20(27)25-12-10-15(11-13-25)26-18-8-4-3-7-17(18)23-21(26)28/h2-9,14-15,24H,10-13H2,1H3,(H,23,28)/t14-/m0/s1. The SMILES string of the molecule is C[C@H](NS(=O)(=O)c1ccccc1F)C(=O)N1CCC(n2c(=O)[nH]c3ccccc32)CC1. The number of rotatable bonds is 5. The van der Waals surface area contributed by atoms with Crippen LogP contribution in [-0.2, 0) is 14.8 Å². The van der Waals surface area contributed by atoms with Crippen molar-refractivity contribution in [3.05, 3.63) is 64.8 Å². The number of hydrogen-bond donors (Lipinski definition) is 2. The lowest BCUT2D eigenvalue weighted by atomic mass is 10.0.